The number of pyridine rings is 2. The van der Waals surface area contributed by atoms with Gasteiger partial charge >= 0.3 is 0 Å². The summed E-state index contributed by atoms with van der Waals surface area (Å²) in [5.41, 5.74) is 1.49. The molecule has 2 aromatic rings. The van der Waals surface area contributed by atoms with Gasteiger partial charge in [0.05, 0.1) is 17.0 Å². The maximum Gasteiger partial charge on any atom is 0.220 e. The molecule has 2 N–H and O–H groups in total. The van der Waals surface area contributed by atoms with Gasteiger partial charge in [0.2, 0.25) is 5.91 Å². The molecule has 6 heteroatoms. The van der Waals surface area contributed by atoms with Crippen LogP contribution in [0.3, 0.4) is 0 Å². The summed E-state index contributed by atoms with van der Waals surface area (Å²) in [7, 11) is 0. The maximum absolute atomic E-state index is 12.9. The second-order valence-electron chi connectivity index (χ2n) is 12.6. The second-order valence-corrected chi connectivity index (χ2v) is 12.6. The average Bonchev–Trinajstić information content (AvgIpc) is 3.63. The molecule has 6 nitrogen and oxygen atoms in total. The van der Waals surface area contributed by atoms with E-state index in [1.54, 1.807) is 0 Å². The summed E-state index contributed by atoms with van der Waals surface area (Å²) in [5, 5.41) is 14.4. The number of aromatic nitrogens is 2. The number of nitrogens with zero attached hydrogens (tertiary/aromatic N) is 3. The van der Waals surface area contributed by atoms with Crippen LogP contribution in [-0.4, -0.2) is 43.6 Å². The van der Waals surface area contributed by atoms with Gasteiger partial charge in [-0.1, -0.05) is 26.0 Å². The molecule has 3 fully saturated rings. The van der Waals surface area contributed by atoms with E-state index in [2.05, 4.69) is 58.3 Å². The summed E-state index contributed by atoms with van der Waals surface area (Å²) < 4.78 is 0. The van der Waals surface area contributed by atoms with Crippen molar-refractivity contribution in [1.82, 2.24) is 20.2 Å². The Kier molecular flexibility index (Phi) is 6.94. The third-order valence-corrected chi connectivity index (χ3v) is 9.18. The van der Waals surface area contributed by atoms with Crippen molar-refractivity contribution in [2.75, 3.05) is 0 Å². The molecule has 3 aliphatic carbocycles. The lowest BCUT2D eigenvalue weighted by Gasteiger charge is -2.52. The molecule has 0 radical (unpaired) electrons. The minimum absolute atomic E-state index is 0.0316. The first kappa shape index (κ1) is 25.3. The van der Waals surface area contributed by atoms with Gasteiger partial charge in [0.1, 0.15) is 0 Å². The fourth-order valence-corrected chi connectivity index (χ4v) is 7.23. The van der Waals surface area contributed by atoms with Crippen LogP contribution in [0.5, 0.6) is 0 Å². The van der Waals surface area contributed by atoms with Crippen LogP contribution < -0.4 is 5.32 Å². The second kappa shape index (κ2) is 9.86. The van der Waals surface area contributed by atoms with Gasteiger partial charge < -0.3 is 10.4 Å². The summed E-state index contributed by atoms with van der Waals surface area (Å²) in [4.78, 5) is 24.8. The molecule has 0 spiro atoms. The van der Waals surface area contributed by atoms with Crippen LogP contribution in [0.15, 0.2) is 48.8 Å². The van der Waals surface area contributed by atoms with Gasteiger partial charge in [-0.3, -0.25) is 19.7 Å². The number of aliphatic hydroxyl groups is 1. The minimum Gasteiger partial charge on any atom is -0.390 e. The lowest BCUT2D eigenvalue weighted by Crippen LogP contribution is -2.52. The van der Waals surface area contributed by atoms with Crippen molar-refractivity contribution in [1.29, 1.82) is 0 Å². The number of carbonyl (C=O) groups is 1. The normalized spacial score (nSPS) is 31.2. The van der Waals surface area contributed by atoms with E-state index in [0.717, 1.165) is 69.4 Å². The van der Waals surface area contributed by atoms with Gasteiger partial charge in [0.15, 0.2) is 0 Å². The van der Waals surface area contributed by atoms with Crippen molar-refractivity contribution in [3.05, 3.63) is 60.2 Å². The highest BCUT2D eigenvalue weighted by molar-refractivity contribution is 5.76. The predicted molar refractivity (Wildman–Crippen MR) is 141 cm³/mol. The van der Waals surface area contributed by atoms with Gasteiger partial charge in [0.25, 0.3) is 0 Å². The van der Waals surface area contributed by atoms with Crippen molar-refractivity contribution >= 4 is 5.91 Å². The highest BCUT2D eigenvalue weighted by Crippen LogP contribution is 2.65. The Morgan fingerprint density at radius 1 is 1.00 bits per heavy atom. The molecule has 4 atom stereocenters. The third kappa shape index (κ3) is 5.50. The number of nitrogens with one attached hydrogen (secondary N) is 1. The standard InChI is InChI=1S/C30H42N4O2/c1-28(2)19-26(34(20-23-8-4-6-16-31-23)21-24-9-5-7-17-32-24)30(13-12-27(35)33-22-10-11-22)15-14-29(3,36)18-25(28)30/h4-9,16-17,22,25-26,36H,10-15,18-21H2,1-3H3,(H,33,35). The van der Waals surface area contributed by atoms with Crippen LogP contribution in [0, 0.1) is 16.7 Å². The molecule has 194 valence electrons. The lowest BCUT2D eigenvalue weighted by molar-refractivity contribution is -0.124. The van der Waals surface area contributed by atoms with Crippen molar-refractivity contribution in [2.24, 2.45) is 16.7 Å². The Labute approximate surface area is 215 Å². The van der Waals surface area contributed by atoms with Gasteiger partial charge in [-0.05, 0) is 92.9 Å². The van der Waals surface area contributed by atoms with Gasteiger partial charge in [-0.15, -0.1) is 0 Å². The highest BCUT2D eigenvalue weighted by atomic mass is 16.3. The zero-order valence-corrected chi connectivity index (χ0v) is 22.1. The number of rotatable bonds is 9. The van der Waals surface area contributed by atoms with Crippen molar-refractivity contribution in [3.63, 3.8) is 0 Å². The SMILES string of the molecule is CC1(O)CCC2(CCC(=O)NC3CC3)C(N(Cc3ccccn3)Cc3ccccn3)CC(C)(C)C2C1. The van der Waals surface area contributed by atoms with E-state index < -0.39 is 5.60 Å². The molecular formula is C30H42N4O2. The molecule has 5 rings (SSSR count). The molecule has 0 aliphatic heterocycles. The molecule has 3 saturated carbocycles. The van der Waals surface area contributed by atoms with Crippen molar-refractivity contribution < 1.29 is 9.90 Å². The monoisotopic (exact) mass is 490 g/mol. The van der Waals surface area contributed by atoms with E-state index in [1.807, 2.05) is 31.5 Å². The average molecular weight is 491 g/mol. The summed E-state index contributed by atoms with van der Waals surface area (Å²) >= 11 is 0. The minimum atomic E-state index is -0.649. The number of carbonyl (C=O) groups excluding carboxylic acids is 1. The van der Waals surface area contributed by atoms with E-state index in [1.165, 1.54) is 0 Å². The zero-order valence-electron chi connectivity index (χ0n) is 22.1. The van der Waals surface area contributed by atoms with E-state index >= 15 is 0 Å². The Hall–Kier alpha value is -2.31. The fourth-order valence-electron chi connectivity index (χ4n) is 7.23. The summed E-state index contributed by atoms with van der Waals surface area (Å²) in [6.45, 7) is 8.24. The first-order chi connectivity index (χ1) is 17.2. The molecule has 1 amide bonds. The third-order valence-electron chi connectivity index (χ3n) is 9.18. The highest BCUT2D eigenvalue weighted by Gasteiger charge is 2.62. The molecule has 36 heavy (non-hydrogen) atoms. The Bertz CT molecular complexity index is 996. The Morgan fingerprint density at radius 2 is 1.64 bits per heavy atom. The fraction of sp³-hybridized carbons (Fsp3) is 0.633. The molecule has 0 aromatic carbocycles. The molecule has 0 saturated heterocycles. The molecular weight excluding hydrogens is 448 g/mol. The number of hydrogen-bond acceptors (Lipinski definition) is 5. The van der Waals surface area contributed by atoms with E-state index in [-0.39, 0.29) is 22.8 Å². The van der Waals surface area contributed by atoms with E-state index in [0.29, 0.717) is 18.4 Å². The van der Waals surface area contributed by atoms with Gasteiger partial charge in [0, 0.05) is 44.0 Å². The first-order valence-electron chi connectivity index (χ1n) is 13.7. The lowest BCUT2D eigenvalue weighted by atomic mass is 9.56. The Morgan fingerprint density at radius 3 is 2.19 bits per heavy atom. The van der Waals surface area contributed by atoms with Gasteiger partial charge in [-0.2, -0.15) is 0 Å². The van der Waals surface area contributed by atoms with Crippen LogP contribution in [0.25, 0.3) is 0 Å². The molecule has 3 aliphatic rings. The van der Waals surface area contributed by atoms with Gasteiger partial charge in [-0.25, -0.2) is 0 Å². The molecule has 2 heterocycles. The van der Waals surface area contributed by atoms with Crippen molar-refractivity contribution in [2.45, 2.75) is 103 Å². The van der Waals surface area contributed by atoms with Crippen LogP contribution in [0.4, 0.5) is 0 Å². The maximum atomic E-state index is 12.9. The van der Waals surface area contributed by atoms with E-state index in [9.17, 15) is 9.90 Å². The summed E-state index contributed by atoms with van der Waals surface area (Å²) in [5.74, 6) is 0.537. The van der Waals surface area contributed by atoms with Crippen LogP contribution in [-0.2, 0) is 17.9 Å². The first-order valence-corrected chi connectivity index (χ1v) is 13.7. The van der Waals surface area contributed by atoms with Crippen molar-refractivity contribution in [3.8, 4) is 0 Å². The number of amides is 1. The zero-order chi connectivity index (χ0) is 25.4. The predicted octanol–water partition coefficient (Wildman–Crippen LogP) is 4.87. The quantitative estimate of drug-likeness (QED) is 0.524. The molecule has 2 aromatic heterocycles. The smallest absolute Gasteiger partial charge is 0.220 e. The number of fused-ring (bicyclic) bond motifs is 1. The molecule has 0 bridgehead atoms. The Balaban J connectivity index is 1.49. The topological polar surface area (TPSA) is 78.4 Å². The van der Waals surface area contributed by atoms with Crippen LogP contribution in [0.2, 0.25) is 0 Å². The van der Waals surface area contributed by atoms with Crippen LogP contribution in [0.1, 0.15) is 83.5 Å². The largest absolute Gasteiger partial charge is 0.390 e. The van der Waals surface area contributed by atoms with Crippen LogP contribution >= 0.6 is 0 Å². The van der Waals surface area contributed by atoms with E-state index in [4.69, 9.17) is 0 Å². The summed E-state index contributed by atoms with van der Waals surface area (Å²) in [6, 6.07) is 12.9. The number of hydrogen-bond donors (Lipinski definition) is 2. The molecule has 4 unspecified atom stereocenters. The summed E-state index contributed by atoms with van der Waals surface area (Å²) in [6.07, 6.45) is 10.9.